The molecule has 18 heavy (non-hydrogen) atoms. The van der Waals surface area contributed by atoms with E-state index in [1.165, 1.54) is 12.8 Å². The summed E-state index contributed by atoms with van der Waals surface area (Å²) in [6, 6.07) is 7.66. The summed E-state index contributed by atoms with van der Waals surface area (Å²) in [4.78, 5) is 0. The zero-order valence-corrected chi connectivity index (χ0v) is 11.3. The van der Waals surface area contributed by atoms with Gasteiger partial charge in [-0.25, -0.2) is 4.39 Å². The van der Waals surface area contributed by atoms with Gasteiger partial charge in [-0.3, -0.25) is 0 Å². The van der Waals surface area contributed by atoms with Crippen LogP contribution in [0.15, 0.2) is 24.3 Å². The van der Waals surface area contributed by atoms with Gasteiger partial charge in [-0.15, -0.1) is 0 Å². The smallest absolute Gasteiger partial charge is 0.130 e. The molecule has 100 valence electrons. The molecule has 1 aliphatic heterocycles. The van der Waals surface area contributed by atoms with Crippen molar-refractivity contribution in [2.75, 3.05) is 25.0 Å². The van der Waals surface area contributed by atoms with Crippen LogP contribution in [0.25, 0.3) is 0 Å². The van der Waals surface area contributed by atoms with Crippen LogP contribution in [0.2, 0.25) is 0 Å². The summed E-state index contributed by atoms with van der Waals surface area (Å²) in [6.07, 6.45) is 2.55. The minimum atomic E-state index is -1.26. The van der Waals surface area contributed by atoms with Crippen LogP contribution in [0.3, 0.4) is 0 Å². The average Bonchev–Trinajstić information content (AvgIpc) is 2.37. The van der Waals surface area contributed by atoms with Gasteiger partial charge in [-0.1, -0.05) is 12.1 Å². The molecule has 1 atom stereocenters. The Hall–Kier alpha value is -1.09. The molecule has 1 unspecified atom stereocenters. The third kappa shape index (κ3) is 3.70. The quantitative estimate of drug-likeness (QED) is 0.856. The molecule has 2 N–H and O–H groups in total. The molecular formula is C15H23FN2. The fraction of sp³-hybridized carbons (Fsp3) is 0.600. The van der Waals surface area contributed by atoms with E-state index in [9.17, 15) is 4.39 Å². The summed E-state index contributed by atoms with van der Waals surface area (Å²) >= 11 is 0. The number of alkyl halides is 1. The van der Waals surface area contributed by atoms with Gasteiger partial charge in [0.1, 0.15) is 5.67 Å². The summed E-state index contributed by atoms with van der Waals surface area (Å²) in [7, 11) is 0. The third-order valence-corrected chi connectivity index (χ3v) is 3.57. The highest BCUT2D eigenvalue weighted by Gasteiger charge is 2.18. The maximum Gasteiger partial charge on any atom is 0.130 e. The van der Waals surface area contributed by atoms with Gasteiger partial charge in [-0.05, 0) is 63.4 Å². The molecule has 1 heterocycles. The molecule has 2 rings (SSSR count). The lowest BCUT2D eigenvalue weighted by Gasteiger charge is -2.23. The SMILES string of the molecule is CC(C)(F)c1ccc(NCC2CCCNC2)cc1. The predicted octanol–water partition coefficient (Wildman–Crippen LogP) is 3.30. The lowest BCUT2D eigenvalue weighted by molar-refractivity contribution is 0.221. The van der Waals surface area contributed by atoms with Gasteiger partial charge in [0.25, 0.3) is 0 Å². The maximum absolute atomic E-state index is 13.7. The fourth-order valence-electron chi connectivity index (χ4n) is 2.34. The topological polar surface area (TPSA) is 24.1 Å². The molecule has 1 aromatic rings. The van der Waals surface area contributed by atoms with Crippen molar-refractivity contribution in [3.8, 4) is 0 Å². The van der Waals surface area contributed by atoms with Crippen LogP contribution in [0.1, 0.15) is 32.3 Å². The summed E-state index contributed by atoms with van der Waals surface area (Å²) in [5, 5.41) is 6.84. The van der Waals surface area contributed by atoms with Gasteiger partial charge >= 0.3 is 0 Å². The highest BCUT2D eigenvalue weighted by Crippen LogP contribution is 2.25. The van der Waals surface area contributed by atoms with Crippen molar-refractivity contribution in [1.29, 1.82) is 0 Å². The molecule has 0 aromatic heterocycles. The van der Waals surface area contributed by atoms with Crippen molar-refractivity contribution in [3.05, 3.63) is 29.8 Å². The Morgan fingerprint density at radius 2 is 2.06 bits per heavy atom. The van der Waals surface area contributed by atoms with E-state index in [4.69, 9.17) is 0 Å². The number of piperidine rings is 1. The second kappa shape index (κ2) is 5.70. The van der Waals surface area contributed by atoms with E-state index >= 15 is 0 Å². The maximum atomic E-state index is 13.7. The Morgan fingerprint density at radius 1 is 1.33 bits per heavy atom. The molecule has 1 fully saturated rings. The van der Waals surface area contributed by atoms with Gasteiger partial charge in [0.05, 0.1) is 0 Å². The monoisotopic (exact) mass is 250 g/mol. The average molecular weight is 250 g/mol. The molecule has 0 spiro atoms. The van der Waals surface area contributed by atoms with Crippen molar-refractivity contribution in [1.82, 2.24) is 5.32 Å². The summed E-state index contributed by atoms with van der Waals surface area (Å²) in [5.74, 6) is 0.705. The van der Waals surface area contributed by atoms with Crippen LogP contribution in [0.4, 0.5) is 10.1 Å². The van der Waals surface area contributed by atoms with Crippen LogP contribution in [-0.4, -0.2) is 19.6 Å². The lowest BCUT2D eigenvalue weighted by atomic mass is 9.99. The minimum Gasteiger partial charge on any atom is -0.385 e. The van der Waals surface area contributed by atoms with E-state index in [0.717, 1.165) is 30.9 Å². The molecule has 0 bridgehead atoms. The van der Waals surface area contributed by atoms with E-state index < -0.39 is 5.67 Å². The van der Waals surface area contributed by atoms with E-state index in [1.807, 2.05) is 24.3 Å². The Balaban J connectivity index is 1.86. The van der Waals surface area contributed by atoms with Crippen molar-refractivity contribution < 1.29 is 4.39 Å². The van der Waals surface area contributed by atoms with E-state index in [1.54, 1.807) is 13.8 Å². The summed E-state index contributed by atoms with van der Waals surface area (Å²) in [6.45, 7) is 6.41. The highest BCUT2D eigenvalue weighted by molar-refractivity contribution is 5.45. The van der Waals surface area contributed by atoms with Crippen LogP contribution in [-0.2, 0) is 5.67 Å². The Kier molecular flexibility index (Phi) is 4.23. The van der Waals surface area contributed by atoms with Gasteiger partial charge in [-0.2, -0.15) is 0 Å². The first-order chi connectivity index (χ1) is 8.55. The number of rotatable bonds is 4. The van der Waals surface area contributed by atoms with Crippen molar-refractivity contribution in [2.24, 2.45) is 5.92 Å². The number of nitrogens with one attached hydrogen (secondary N) is 2. The number of halogens is 1. The molecule has 1 saturated heterocycles. The number of hydrogen-bond acceptors (Lipinski definition) is 2. The molecule has 0 saturated carbocycles. The molecule has 3 heteroatoms. The Morgan fingerprint density at radius 3 is 2.61 bits per heavy atom. The summed E-state index contributed by atoms with van der Waals surface area (Å²) in [5.41, 5.74) is 0.548. The second-order valence-electron chi connectivity index (χ2n) is 5.64. The number of benzene rings is 1. The third-order valence-electron chi connectivity index (χ3n) is 3.57. The van der Waals surface area contributed by atoms with Gasteiger partial charge in [0.15, 0.2) is 0 Å². The predicted molar refractivity (Wildman–Crippen MR) is 74.7 cm³/mol. The van der Waals surface area contributed by atoms with Crippen LogP contribution in [0, 0.1) is 5.92 Å². The summed E-state index contributed by atoms with van der Waals surface area (Å²) < 4.78 is 13.7. The van der Waals surface area contributed by atoms with Crippen LogP contribution >= 0.6 is 0 Å². The van der Waals surface area contributed by atoms with E-state index in [-0.39, 0.29) is 0 Å². The fourth-order valence-corrected chi connectivity index (χ4v) is 2.34. The first kappa shape index (κ1) is 13.3. The zero-order valence-electron chi connectivity index (χ0n) is 11.3. The molecule has 0 aliphatic carbocycles. The first-order valence-corrected chi connectivity index (χ1v) is 6.80. The highest BCUT2D eigenvalue weighted by atomic mass is 19.1. The van der Waals surface area contributed by atoms with Gasteiger partial charge < -0.3 is 10.6 Å². The lowest BCUT2D eigenvalue weighted by Crippen LogP contribution is -2.33. The van der Waals surface area contributed by atoms with Gasteiger partial charge in [0, 0.05) is 12.2 Å². The second-order valence-corrected chi connectivity index (χ2v) is 5.64. The largest absolute Gasteiger partial charge is 0.385 e. The van der Waals surface area contributed by atoms with Gasteiger partial charge in [0.2, 0.25) is 0 Å². The van der Waals surface area contributed by atoms with E-state index in [2.05, 4.69) is 10.6 Å². The van der Waals surface area contributed by atoms with Crippen LogP contribution in [0.5, 0.6) is 0 Å². The zero-order chi connectivity index (χ0) is 13.0. The standard InChI is InChI=1S/C15H23FN2/c1-15(2,16)13-5-7-14(8-6-13)18-11-12-4-3-9-17-10-12/h5-8,12,17-18H,3-4,9-11H2,1-2H3. The Labute approximate surface area is 109 Å². The molecule has 0 radical (unpaired) electrons. The first-order valence-electron chi connectivity index (χ1n) is 6.80. The van der Waals surface area contributed by atoms with Crippen molar-refractivity contribution in [2.45, 2.75) is 32.4 Å². The minimum absolute atomic E-state index is 0.705. The van der Waals surface area contributed by atoms with Crippen molar-refractivity contribution in [3.63, 3.8) is 0 Å². The van der Waals surface area contributed by atoms with Crippen LogP contribution < -0.4 is 10.6 Å². The Bertz CT molecular complexity index is 361. The molecule has 0 amide bonds. The molecule has 1 aromatic carbocycles. The molecular weight excluding hydrogens is 227 g/mol. The number of hydrogen-bond donors (Lipinski definition) is 2. The van der Waals surface area contributed by atoms with Crippen molar-refractivity contribution >= 4 is 5.69 Å². The van der Waals surface area contributed by atoms with E-state index in [0.29, 0.717) is 5.92 Å². The normalized spacial score (nSPS) is 20.7. The molecule has 1 aliphatic rings. The number of anilines is 1. The molecule has 2 nitrogen and oxygen atoms in total.